The zero-order valence-corrected chi connectivity index (χ0v) is 13.8. The number of aromatic nitrogens is 4. The summed E-state index contributed by atoms with van der Waals surface area (Å²) in [7, 11) is 0. The Balaban J connectivity index is 2.20. The first-order valence-electron chi connectivity index (χ1n) is 7.94. The zero-order chi connectivity index (χ0) is 17.5. The van der Waals surface area contributed by atoms with Crippen LogP contribution in [0.4, 0.5) is 0 Å². The number of tetrazole rings is 1. The number of nitrogens with zero attached hydrogens (tertiary/aromatic N) is 5. The minimum absolute atomic E-state index is 0.00428. The molecular weight excluding hydrogens is 310 g/mol. The van der Waals surface area contributed by atoms with E-state index in [0.717, 1.165) is 25.9 Å². The van der Waals surface area contributed by atoms with E-state index in [4.69, 9.17) is 5.11 Å². The van der Waals surface area contributed by atoms with Crippen LogP contribution in [-0.2, 0) is 11.3 Å². The fraction of sp³-hybridized carbons (Fsp3) is 0.438. The summed E-state index contributed by atoms with van der Waals surface area (Å²) in [5, 5.41) is 19.9. The Morgan fingerprint density at radius 1 is 1.12 bits per heavy atom. The van der Waals surface area contributed by atoms with Crippen LogP contribution < -0.4 is 0 Å². The minimum atomic E-state index is -1.02. The van der Waals surface area contributed by atoms with E-state index in [1.807, 2.05) is 18.7 Å². The first kappa shape index (κ1) is 17.6. The molecule has 1 amide bonds. The third-order valence-electron chi connectivity index (χ3n) is 3.48. The topological polar surface area (TPSA) is 101 Å². The molecule has 0 saturated carbocycles. The van der Waals surface area contributed by atoms with Gasteiger partial charge < -0.3 is 10.0 Å². The molecule has 0 aliphatic heterocycles. The maximum atomic E-state index is 12.5. The molecule has 0 bridgehead atoms. The fourth-order valence-electron chi connectivity index (χ4n) is 2.45. The van der Waals surface area contributed by atoms with Gasteiger partial charge in [0.2, 0.25) is 0 Å². The number of hydrogen-bond donors (Lipinski definition) is 1. The van der Waals surface area contributed by atoms with Crippen molar-refractivity contribution >= 4 is 11.9 Å². The van der Waals surface area contributed by atoms with Gasteiger partial charge in [-0.05, 0) is 35.4 Å². The lowest BCUT2D eigenvalue weighted by molar-refractivity contribution is -0.137. The predicted molar refractivity (Wildman–Crippen MR) is 87.4 cm³/mol. The Morgan fingerprint density at radius 3 is 2.29 bits per heavy atom. The lowest BCUT2D eigenvalue weighted by Crippen LogP contribution is -2.32. The summed E-state index contributed by atoms with van der Waals surface area (Å²) in [6.45, 7) is 5.23. The van der Waals surface area contributed by atoms with Crippen molar-refractivity contribution in [3.05, 3.63) is 29.8 Å². The van der Waals surface area contributed by atoms with Crippen LogP contribution in [0.5, 0.6) is 0 Å². The van der Waals surface area contributed by atoms with Crippen molar-refractivity contribution in [3.63, 3.8) is 0 Å². The Hall–Kier alpha value is -2.77. The second-order valence-electron chi connectivity index (χ2n) is 5.42. The average molecular weight is 331 g/mol. The Labute approximate surface area is 140 Å². The Morgan fingerprint density at radius 2 is 1.75 bits per heavy atom. The van der Waals surface area contributed by atoms with Gasteiger partial charge in [-0.1, -0.05) is 26.0 Å². The van der Waals surface area contributed by atoms with Crippen molar-refractivity contribution in [1.82, 2.24) is 25.1 Å². The van der Waals surface area contributed by atoms with E-state index in [9.17, 15) is 9.59 Å². The monoisotopic (exact) mass is 331 g/mol. The van der Waals surface area contributed by atoms with Crippen LogP contribution in [0.15, 0.2) is 24.3 Å². The number of carboxylic acid groups (broad SMARTS) is 1. The lowest BCUT2D eigenvalue weighted by Gasteiger charge is -2.21. The highest BCUT2D eigenvalue weighted by atomic mass is 16.4. The number of carboxylic acids is 1. The van der Waals surface area contributed by atoms with Crippen LogP contribution in [0, 0.1) is 0 Å². The van der Waals surface area contributed by atoms with Crippen LogP contribution in [0.3, 0.4) is 0 Å². The van der Waals surface area contributed by atoms with Crippen molar-refractivity contribution in [1.29, 1.82) is 0 Å². The molecular formula is C16H21N5O3. The van der Waals surface area contributed by atoms with Gasteiger partial charge >= 0.3 is 5.97 Å². The van der Waals surface area contributed by atoms with Crippen LogP contribution in [-0.4, -0.2) is 55.2 Å². The SMILES string of the molecule is CCCN(CCC)C(=O)c1ccc(-c2nnnn2CC(=O)O)cc1. The van der Waals surface area contributed by atoms with Gasteiger partial charge in [0, 0.05) is 24.2 Å². The van der Waals surface area contributed by atoms with Crippen LogP contribution >= 0.6 is 0 Å². The highest BCUT2D eigenvalue weighted by Gasteiger charge is 2.16. The summed E-state index contributed by atoms with van der Waals surface area (Å²) in [5.74, 6) is -0.670. The molecule has 1 heterocycles. The molecule has 0 radical (unpaired) electrons. The van der Waals surface area contributed by atoms with Crippen LogP contribution in [0.1, 0.15) is 37.0 Å². The number of amides is 1. The van der Waals surface area contributed by atoms with Gasteiger partial charge in [-0.15, -0.1) is 5.10 Å². The third-order valence-corrected chi connectivity index (χ3v) is 3.48. The summed E-state index contributed by atoms with van der Waals surface area (Å²) < 4.78 is 1.21. The van der Waals surface area contributed by atoms with Crippen molar-refractivity contribution in [2.24, 2.45) is 0 Å². The molecule has 128 valence electrons. The van der Waals surface area contributed by atoms with Crippen LogP contribution in [0.2, 0.25) is 0 Å². The predicted octanol–water partition coefficient (Wildman–Crippen LogP) is 1.69. The van der Waals surface area contributed by atoms with Crippen molar-refractivity contribution in [2.75, 3.05) is 13.1 Å². The van der Waals surface area contributed by atoms with Crippen molar-refractivity contribution < 1.29 is 14.7 Å². The third kappa shape index (κ3) is 4.15. The van der Waals surface area contributed by atoms with E-state index < -0.39 is 5.97 Å². The first-order chi connectivity index (χ1) is 11.6. The second-order valence-corrected chi connectivity index (χ2v) is 5.42. The minimum Gasteiger partial charge on any atom is -0.480 e. The van der Waals surface area contributed by atoms with E-state index in [1.54, 1.807) is 24.3 Å². The molecule has 1 aromatic heterocycles. The molecule has 2 aromatic rings. The molecule has 1 N–H and O–H groups in total. The van der Waals surface area contributed by atoms with Crippen molar-refractivity contribution in [2.45, 2.75) is 33.2 Å². The number of benzene rings is 1. The Bertz CT molecular complexity index is 690. The van der Waals surface area contributed by atoms with Gasteiger partial charge in [0.25, 0.3) is 5.91 Å². The molecule has 24 heavy (non-hydrogen) atoms. The lowest BCUT2D eigenvalue weighted by atomic mass is 10.1. The maximum absolute atomic E-state index is 12.5. The molecule has 0 spiro atoms. The summed E-state index contributed by atoms with van der Waals surface area (Å²) in [4.78, 5) is 25.2. The zero-order valence-electron chi connectivity index (χ0n) is 13.8. The Kier molecular flexibility index (Phi) is 6.00. The number of carbonyl (C=O) groups excluding carboxylic acids is 1. The van der Waals surface area contributed by atoms with E-state index in [1.165, 1.54) is 4.68 Å². The van der Waals surface area contributed by atoms with Gasteiger partial charge in [0.1, 0.15) is 6.54 Å². The highest BCUT2D eigenvalue weighted by molar-refractivity contribution is 5.94. The van der Waals surface area contributed by atoms with Crippen LogP contribution in [0.25, 0.3) is 11.4 Å². The molecule has 8 heteroatoms. The molecule has 0 aliphatic rings. The summed E-state index contributed by atoms with van der Waals surface area (Å²) in [6.07, 6.45) is 1.82. The summed E-state index contributed by atoms with van der Waals surface area (Å²) in [5.41, 5.74) is 1.26. The van der Waals surface area contributed by atoms with Gasteiger partial charge in [-0.25, -0.2) is 4.68 Å². The van der Waals surface area contributed by atoms with Crippen molar-refractivity contribution in [3.8, 4) is 11.4 Å². The van der Waals surface area contributed by atoms with Gasteiger partial charge in [-0.3, -0.25) is 9.59 Å². The number of carbonyl (C=O) groups is 2. The van der Waals surface area contributed by atoms with E-state index in [2.05, 4.69) is 15.5 Å². The van der Waals surface area contributed by atoms with Gasteiger partial charge in [0.05, 0.1) is 0 Å². The molecule has 0 atom stereocenters. The summed E-state index contributed by atoms with van der Waals surface area (Å²) in [6, 6.07) is 6.90. The van der Waals surface area contributed by atoms with Gasteiger partial charge in [0.15, 0.2) is 5.82 Å². The molecule has 0 unspecified atom stereocenters. The smallest absolute Gasteiger partial charge is 0.325 e. The van der Waals surface area contributed by atoms with E-state index in [0.29, 0.717) is 17.0 Å². The molecule has 0 saturated heterocycles. The van der Waals surface area contributed by atoms with E-state index in [-0.39, 0.29) is 12.5 Å². The number of rotatable bonds is 8. The number of aliphatic carboxylic acids is 1. The number of hydrogen-bond acceptors (Lipinski definition) is 5. The van der Waals surface area contributed by atoms with Gasteiger partial charge in [-0.2, -0.15) is 0 Å². The molecule has 0 aliphatic carbocycles. The standard InChI is InChI=1S/C16H21N5O3/c1-3-9-20(10-4-2)16(24)13-7-5-12(6-8-13)15-17-18-19-21(15)11-14(22)23/h5-8H,3-4,9-11H2,1-2H3,(H,22,23). The highest BCUT2D eigenvalue weighted by Crippen LogP contribution is 2.17. The molecule has 8 nitrogen and oxygen atoms in total. The van der Waals surface area contributed by atoms with E-state index >= 15 is 0 Å². The second kappa shape index (κ2) is 8.19. The summed E-state index contributed by atoms with van der Waals surface area (Å²) >= 11 is 0. The fourth-order valence-corrected chi connectivity index (χ4v) is 2.45. The maximum Gasteiger partial charge on any atom is 0.325 e. The normalized spacial score (nSPS) is 10.6. The molecule has 2 rings (SSSR count). The average Bonchev–Trinajstić information content (AvgIpc) is 3.01. The molecule has 1 aromatic carbocycles. The largest absolute Gasteiger partial charge is 0.480 e. The molecule has 0 fully saturated rings. The quantitative estimate of drug-likeness (QED) is 0.790. The first-order valence-corrected chi connectivity index (χ1v) is 7.94.